The number of aliphatic hydroxyl groups is 1. The number of aromatic nitrogens is 3. The lowest BCUT2D eigenvalue weighted by Crippen LogP contribution is -2.04. The highest BCUT2D eigenvalue weighted by molar-refractivity contribution is 5.24. The van der Waals surface area contributed by atoms with Crippen molar-refractivity contribution in [3.05, 3.63) is 5.82 Å². The Morgan fingerprint density at radius 2 is 2.18 bits per heavy atom. The van der Waals surface area contributed by atoms with E-state index in [0.29, 0.717) is 11.8 Å². The number of anilines is 1. The van der Waals surface area contributed by atoms with Crippen molar-refractivity contribution in [1.29, 1.82) is 0 Å². The topological polar surface area (TPSA) is 63.0 Å². The molecule has 0 fully saturated rings. The van der Waals surface area contributed by atoms with Crippen molar-refractivity contribution >= 4 is 5.95 Å². The summed E-state index contributed by atoms with van der Waals surface area (Å²) in [7, 11) is 3.56. The number of nitrogens with zero attached hydrogens (tertiary/aromatic N) is 3. The quantitative estimate of drug-likeness (QED) is 0.628. The van der Waals surface area contributed by atoms with Crippen molar-refractivity contribution in [3.8, 4) is 0 Å². The molecule has 0 saturated carbocycles. The van der Waals surface area contributed by atoms with Gasteiger partial charge in [-0.05, 0) is 6.92 Å². The molecule has 0 radical (unpaired) electrons. The molecule has 0 amide bonds. The molecule has 0 aliphatic rings. The Bertz CT molecular complexity index is 243. The van der Waals surface area contributed by atoms with Crippen LogP contribution in [-0.2, 0) is 7.05 Å². The van der Waals surface area contributed by atoms with Crippen molar-refractivity contribution in [1.82, 2.24) is 14.8 Å². The fourth-order valence-electron chi connectivity index (χ4n) is 0.923. The van der Waals surface area contributed by atoms with Gasteiger partial charge in [0.05, 0.1) is 0 Å². The molecule has 5 heteroatoms. The average Bonchev–Trinajstić information content (AvgIpc) is 2.30. The van der Waals surface area contributed by atoms with Gasteiger partial charge in [-0.25, -0.2) is 0 Å². The largest absolute Gasteiger partial charge is 0.385 e. The maximum Gasteiger partial charge on any atom is 0.224 e. The molecule has 0 saturated heterocycles. The van der Waals surface area contributed by atoms with Crippen molar-refractivity contribution in [2.75, 3.05) is 12.4 Å². The van der Waals surface area contributed by atoms with Gasteiger partial charge in [-0.1, -0.05) is 0 Å². The number of nitrogens with one attached hydrogen (secondary N) is 1. The standard InChI is InChI=1S/C6H12N4O/c1-4(11)5-8-9-6(7-2)10(5)3/h4,11H,1-3H3,(H,7,9). The minimum absolute atomic E-state index is 0.564. The Morgan fingerprint density at radius 1 is 1.55 bits per heavy atom. The van der Waals surface area contributed by atoms with Gasteiger partial charge in [-0.3, -0.25) is 4.57 Å². The Labute approximate surface area is 65.1 Å². The van der Waals surface area contributed by atoms with E-state index in [1.807, 2.05) is 0 Å². The van der Waals surface area contributed by atoms with Gasteiger partial charge in [-0.15, -0.1) is 10.2 Å². The van der Waals surface area contributed by atoms with Crippen LogP contribution in [0.15, 0.2) is 0 Å². The molecule has 0 spiro atoms. The monoisotopic (exact) mass is 156 g/mol. The van der Waals surface area contributed by atoms with E-state index in [2.05, 4.69) is 15.5 Å². The number of aliphatic hydroxyl groups excluding tert-OH is 1. The van der Waals surface area contributed by atoms with Crippen LogP contribution < -0.4 is 5.32 Å². The van der Waals surface area contributed by atoms with Gasteiger partial charge in [0.25, 0.3) is 0 Å². The first-order valence-corrected chi connectivity index (χ1v) is 3.42. The van der Waals surface area contributed by atoms with Crippen LogP contribution in [0.5, 0.6) is 0 Å². The summed E-state index contributed by atoms with van der Waals surface area (Å²) in [5.41, 5.74) is 0. The van der Waals surface area contributed by atoms with Crippen LogP contribution in [0, 0.1) is 0 Å². The molecular weight excluding hydrogens is 144 g/mol. The highest BCUT2D eigenvalue weighted by Crippen LogP contribution is 2.11. The lowest BCUT2D eigenvalue weighted by molar-refractivity contribution is 0.185. The van der Waals surface area contributed by atoms with Crippen molar-refractivity contribution in [2.24, 2.45) is 7.05 Å². The lowest BCUT2D eigenvalue weighted by atomic mass is 10.4. The van der Waals surface area contributed by atoms with Crippen LogP contribution in [0.4, 0.5) is 5.95 Å². The van der Waals surface area contributed by atoms with Crippen LogP contribution in [0.25, 0.3) is 0 Å². The summed E-state index contributed by atoms with van der Waals surface area (Å²) < 4.78 is 1.71. The SMILES string of the molecule is CNc1nnc(C(C)O)n1C. The van der Waals surface area contributed by atoms with Crippen LogP contribution in [0.2, 0.25) is 0 Å². The predicted molar refractivity (Wildman–Crippen MR) is 41.2 cm³/mol. The summed E-state index contributed by atoms with van der Waals surface area (Å²) in [6.45, 7) is 1.66. The third-order valence-electron chi connectivity index (χ3n) is 1.51. The molecule has 1 heterocycles. The highest BCUT2D eigenvalue weighted by atomic mass is 16.3. The predicted octanol–water partition coefficient (Wildman–Crippen LogP) is -0.0899. The van der Waals surface area contributed by atoms with Gasteiger partial charge in [0.2, 0.25) is 5.95 Å². The summed E-state index contributed by atoms with van der Waals surface area (Å²) in [6.07, 6.45) is -0.574. The molecule has 1 aromatic heterocycles. The summed E-state index contributed by atoms with van der Waals surface area (Å²) in [6, 6.07) is 0. The van der Waals surface area contributed by atoms with Crippen molar-refractivity contribution in [3.63, 3.8) is 0 Å². The Hall–Kier alpha value is -1.10. The summed E-state index contributed by atoms with van der Waals surface area (Å²) >= 11 is 0. The fraction of sp³-hybridized carbons (Fsp3) is 0.667. The number of rotatable bonds is 2. The van der Waals surface area contributed by atoms with E-state index < -0.39 is 6.10 Å². The van der Waals surface area contributed by atoms with E-state index in [4.69, 9.17) is 5.11 Å². The normalized spacial score (nSPS) is 13.1. The smallest absolute Gasteiger partial charge is 0.224 e. The van der Waals surface area contributed by atoms with Gasteiger partial charge in [0, 0.05) is 14.1 Å². The van der Waals surface area contributed by atoms with E-state index >= 15 is 0 Å². The minimum atomic E-state index is -0.574. The second kappa shape index (κ2) is 2.87. The molecule has 1 rings (SSSR count). The van der Waals surface area contributed by atoms with Gasteiger partial charge >= 0.3 is 0 Å². The Kier molecular flexibility index (Phi) is 2.09. The zero-order valence-corrected chi connectivity index (χ0v) is 6.87. The molecule has 0 aromatic carbocycles. The minimum Gasteiger partial charge on any atom is -0.385 e. The molecule has 0 bridgehead atoms. The zero-order valence-electron chi connectivity index (χ0n) is 6.87. The molecule has 62 valence electrons. The maximum atomic E-state index is 9.16. The average molecular weight is 156 g/mol. The first-order valence-electron chi connectivity index (χ1n) is 3.42. The van der Waals surface area contributed by atoms with Crippen molar-refractivity contribution in [2.45, 2.75) is 13.0 Å². The molecule has 1 atom stereocenters. The van der Waals surface area contributed by atoms with Crippen LogP contribution >= 0.6 is 0 Å². The van der Waals surface area contributed by atoms with Crippen molar-refractivity contribution < 1.29 is 5.11 Å². The molecule has 11 heavy (non-hydrogen) atoms. The fourth-order valence-corrected chi connectivity index (χ4v) is 0.923. The zero-order chi connectivity index (χ0) is 8.43. The molecule has 1 aromatic rings. The Balaban J connectivity index is 3.00. The molecule has 0 aliphatic heterocycles. The third-order valence-corrected chi connectivity index (χ3v) is 1.51. The molecule has 1 unspecified atom stereocenters. The molecule has 5 nitrogen and oxygen atoms in total. The maximum absolute atomic E-state index is 9.16. The summed E-state index contributed by atoms with van der Waals surface area (Å²) in [4.78, 5) is 0. The van der Waals surface area contributed by atoms with Crippen LogP contribution in [-0.4, -0.2) is 26.9 Å². The van der Waals surface area contributed by atoms with E-state index in [1.165, 1.54) is 0 Å². The molecule has 0 aliphatic carbocycles. The van der Waals surface area contributed by atoms with Gasteiger partial charge in [-0.2, -0.15) is 0 Å². The second-order valence-corrected chi connectivity index (χ2v) is 2.37. The van der Waals surface area contributed by atoms with E-state index in [0.717, 1.165) is 0 Å². The third kappa shape index (κ3) is 1.32. The van der Waals surface area contributed by atoms with Gasteiger partial charge in [0.15, 0.2) is 5.82 Å². The van der Waals surface area contributed by atoms with Gasteiger partial charge < -0.3 is 10.4 Å². The van der Waals surface area contributed by atoms with E-state index in [9.17, 15) is 0 Å². The van der Waals surface area contributed by atoms with Crippen LogP contribution in [0.3, 0.4) is 0 Å². The van der Waals surface area contributed by atoms with Crippen LogP contribution in [0.1, 0.15) is 18.9 Å². The molecular formula is C6H12N4O. The second-order valence-electron chi connectivity index (χ2n) is 2.37. The van der Waals surface area contributed by atoms with E-state index in [-0.39, 0.29) is 0 Å². The number of hydrogen-bond acceptors (Lipinski definition) is 4. The highest BCUT2D eigenvalue weighted by Gasteiger charge is 2.10. The first kappa shape index (κ1) is 8.00. The summed E-state index contributed by atoms with van der Waals surface area (Å²) in [5.74, 6) is 1.22. The van der Waals surface area contributed by atoms with E-state index in [1.54, 1.807) is 25.6 Å². The lowest BCUT2D eigenvalue weighted by Gasteiger charge is -2.03. The molecule has 2 N–H and O–H groups in total. The Morgan fingerprint density at radius 3 is 2.45 bits per heavy atom. The van der Waals surface area contributed by atoms with Gasteiger partial charge in [0.1, 0.15) is 6.10 Å². The number of hydrogen-bond donors (Lipinski definition) is 2. The first-order chi connectivity index (χ1) is 5.16. The summed E-state index contributed by atoms with van der Waals surface area (Å²) in [5, 5.41) is 19.6.